The van der Waals surface area contributed by atoms with Gasteiger partial charge in [0.15, 0.2) is 0 Å². The SMILES string of the molecule is CS(=O)(=O)CCSc1ccc(CNC2CC2)cn1. The molecule has 0 radical (unpaired) electrons. The monoisotopic (exact) mass is 286 g/mol. The van der Waals surface area contributed by atoms with Crippen molar-refractivity contribution in [1.29, 1.82) is 0 Å². The second-order valence-corrected chi connectivity index (χ2v) is 8.01. The number of nitrogens with zero attached hydrogens (tertiary/aromatic N) is 1. The first kappa shape index (κ1) is 13.8. The zero-order valence-electron chi connectivity index (χ0n) is 10.4. The fourth-order valence-electron chi connectivity index (χ4n) is 1.45. The van der Waals surface area contributed by atoms with Gasteiger partial charge in [0.25, 0.3) is 0 Å². The molecule has 100 valence electrons. The summed E-state index contributed by atoms with van der Waals surface area (Å²) in [7, 11) is -2.87. The summed E-state index contributed by atoms with van der Waals surface area (Å²) in [6.45, 7) is 0.867. The highest BCUT2D eigenvalue weighted by molar-refractivity contribution is 8.00. The van der Waals surface area contributed by atoms with Crippen LogP contribution in [0.2, 0.25) is 0 Å². The molecule has 1 saturated carbocycles. The molecule has 1 aliphatic carbocycles. The second kappa shape index (κ2) is 6.04. The fourth-order valence-corrected chi connectivity index (χ4v) is 3.49. The van der Waals surface area contributed by atoms with Crippen LogP contribution in [0.4, 0.5) is 0 Å². The van der Waals surface area contributed by atoms with E-state index in [0.29, 0.717) is 11.8 Å². The number of nitrogens with one attached hydrogen (secondary N) is 1. The van der Waals surface area contributed by atoms with Crippen molar-refractivity contribution in [2.45, 2.75) is 30.5 Å². The number of pyridine rings is 1. The lowest BCUT2D eigenvalue weighted by Gasteiger charge is -2.04. The van der Waals surface area contributed by atoms with Gasteiger partial charge in [-0.05, 0) is 24.5 Å². The molecule has 1 aromatic heterocycles. The van der Waals surface area contributed by atoms with Gasteiger partial charge < -0.3 is 5.32 Å². The molecule has 0 aromatic carbocycles. The lowest BCUT2D eigenvalue weighted by molar-refractivity contribution is 0.603. The Bertz CT molecular complexity index is 481. The first-order valence-corrected chi connectivity index (χ1v) is 9.06. The van der Waals surface area contributed by atoms with Crippen LogP contribution in [0.15, 0.2) is 23.4 Å². The van der Waals surface area contributed by atoms with Crippen LogP contribution in [0.5, 0.6) is 0 Å². The van der Waals surface area contributed by atoms with Gasteiger partial charge in [-0.3, -0.25) is 0 Å². The Morgan fingerprint density at radius 3 is 2.78 bits per heavy atom. The number of aromatic nitrogens is 1. The zero-order valence-corrected chi connectivity index (χ0v) is 12.1. The fraction of sp³-hybridized carbons (Fsp3) is 0.583. The maximum Gasteiger partial charge on any atom is 0.148 e. The Labute approximate surface area is 112 Å². The van der Waals surface area contributed by atoms with Gasteiger partial charge in [0.1, 0.15) is 9.84 Å². The minimum Gasteiger partial charge on any atom is -0.310 e. The molecule has 18 heavy (non-hydrogen) atoms. The molecular formula is C12H18N2O2S2. The summed E-state index contributed by atoms with van der Waals surface area (Å²) < 4.78 is 22.0. The van der Waals surface area contributed by atoms with Crippen molar-refractivity contribution in [3.05, 3.63) is 23.9 Å². The van der Waals surface area contributed by atoms with E-state index in [9.17, 15) is 8.42 Å². The van der Waals surface area contributed by atoms with Gasteiger partial charge in [0, 0.05) is 30.8 Å². The number of sulfone groups is 1. The number of thioether (sulfide) groups is 1. The molecule has 0 saturated heterocycles. The molecule has 1 fully saturated rings. The van der Waals surface area contributed by atoms with E-state index in [2.05, 4.69) is 10.3 Å². The second-order valence-electron chi connectivity index (χ2n) is 4.64. The smallest absolute Gasteiger partial charge is 0.148 e. The third kappa shape index (κ3) is 5.37. The average Bonchev–Trinajstić information content (AvgIpc) is 3.10. The van der Waals surface area contributed by atoms with Gasteiger partial charge >= 0.3 is 0 Å². The van der Waals surface area contributed by atoms with E-state index in [1.165, 1.54) is 36.4 Å². The predicted molar refractivity (Wildman–Crippen MR) is 74.5 cm³/mol. The van der Waals surface area contributed by atoms with Crippen molar-refractivity contribution in [2.75, 3.05) is 17.8 Å². The first-order valence-electron chi connectivity index (χ1n) is 6.02. The van der Waals surface area contributed by atoms with E-state index < -0.39 is 9.84 Å². The highest BCUT2D eigenvalue weighted by Crippen LogP contribution is 2.20. The van der Waals surface area contributed by atoms with Crippen LogP contribution in [0.1, 0.15) is 18.4 Å². The van der Waals surface area contributed by atoms with Crippen molar-refractivity contribution in [3.63, 3.8) is 0 Å². The molecule has 0 amide bonds. The third-order valence-electron chi connectivity index (χ3n) is 2.67. The van der Waals surface area contributed by atoms with Crippen molar-refractivity contribution < 1.29 is 8.42 Å². The van der Waals surface area contributed by atoms with Crippen LogP contribution in [0, 0.1) is 0 Å². The summed E-state index contributed by atoms with van der Waals surface area (Å²) in [6.07, 6.45) is 5.69. The molecule has 1 aliphatic rings. The van der Waals surface area contributed by atoms with E-state index in [1.807, 2.05) is 18.3 Å². The summed E-state index contributed by atoms with van der Waals surface area (Å²) >= 11 is 1.48. The molecule has 4 nitrogen and oxygen atoms in total. The largest absolute Gasteiger partial charge is 0.310 e. The van der Waals surface area contributed by atoms with Crippen LogP contribution in [-0.4, -0.2) is 37.2 Å². The molecule has 0 unspecified atom stereocenters. The highest BCUT2D eigenvalue weighted by atomic mass is 32.2. The lowest BCUT2D eigenvalue weighted by Crippen LogP contribution is -2.15. The Kier molecular flexibility index (Phi) is 4.64. The standard InChI is InChI=1S/C12H18N2O2S2/c1-18(15,16)7-6-17-12-5-2-10(9-14-12)8-13-11-3-4-11/h2,5,9,11,13H,3-4,6-8H2,1H3. The molecular weight excluding hydrogens is 268 g/mol. The number of hydrogen-bond acceptors (Lipinski definition) is 5. The molecule has 1 N–H and O–H groups in total. The van der Waals surface area contributed by atoms with E-state index in [0.717, 1.165) is 11.6 Å². The van der Waals surface area contributed by atoms with Crippen molar-refractivity contribution in [2.24, 2.45) is 0 Å². The first-order chi connectivity index (χ1) is 8.53. The van der Waals surface area contributed by atoms with Gasteiger partial charge in [0.2, 0.25) is 0 Å². The average molecular weight is 286 g/mol. The Balaban J connectivity index is 1.75. The summed E-state index contributed by atoms with van der Waals surface area (Å²) in [5.74, 6) is 0.760. The molecule has 1 heterocycles. The van der Waals surface area contributed by atoms with Crippen LogP contribution in [0.3, 0.4) is 0 Å². The Morgan fingerprint density at radius 1 is 1.44 bits per heavy atom. The lowest BCUT2D eigenvalue weighted by atomic mass is 10.3. The van der Waals surface area contributed by atoms with Crippen LogP contribution >= 0.6 is 11.8 Å². The summed E-state index contributed by atoms with van der Waals surface area (Å²) in [6, 6.07) is 4.70. The Morgan fingerprint density at radius 2 is 2.22 bits per heavy atom. The molecule has 6 heteroatoms. The summed E-state index contributed by atoms with van der Waals surface area (Å²) in [4.78, 5) is 4.32. The van der Waals surface area contributed by atoms with Crippen molar-refractivity contribution in [3.8, 4) is 0 Å². The van der Waals surface area contributed by atoms with Gasteiger partial charge in [-0.1, -0.05) is 6.07 Å². The maximum absolute atomic E-state index is 11.0. The van der Waals surface area contributed by atoms with Gasteiger partial charge in [-0.15, -0.1) is 11.8 Å². The van der Waals surface area contributed by atoms with Crippen molar-refractivity contribution in [1.82, 2.24) is 10.3 Å². The molecule has 0 atom stereocenters. The molecule has 1 aromatic rings. The van der Waals surface area contributed by atoms with E-state index in [1.54, 1.807) is 0 Å². The summed E-state index contributed by atoms with van der Waals surface area (Å²) in [5.41, 5.74) is 1.18. The third-order valence-corrected chi connectivity index (χ3v) is 4.82. The Hall–Kier alpha value is -0.590. The van der Waals surface area contributed by atoms with Crippen LogP contribution < -0.4 is 5.32 Å². The van der Waals surface area contributed by atoms with Gasteiger partial charge in [0.05, 0.1) is 10.8 Å². The number of rotatable bonds is 7. The number of hydrogen-bond donors (Lipinski definition) is 1. The zero-order chi connectivity index (χ0) is 13.0. The molecule has 0 bridgehead atoms. The predicted octanol–water partition coefficient (Wildman–Crippen LogP) is 1.47. The van der Waals surface area contributed by atoms with E-state index in [4.69, 9.17) is 0 Å². The highest BCUT2D eigenvalue weighted by Gasteiger charge is 2.19. The van der Waals surface area contributed by atoms with Crippen molar-refractivity contribution >= 4 is 21.6 Å². The van der Waals surface area contributed by atoms with Gasteiger partial charge in [-0.2, -0.15) is 0 Å². The van der Waals surface area contributed by atoms with Gasteiger partial charge in [-0.25, -0.2) is 13.4 Å². The molecule has 2 rings (SSSR count). The maximum atomic E-state index is 11.0. The minimum atomic E-state index is -2.87. The quantitative estimate of drug-likeness (QED) is 0.769. The van der Waals surface area contributed by atoms with Crippen LogP contribution in [-0.2, 0) is 16.4 Å². The van der Waals surface area contributed by atoms with E-state index in [-0.39, 0.29) is 5.75 Å². The molecule has 0 aliphatic heterocycles. The van der Waals surface area contributed by atoms with Crippen LogP contribution in [0.25, 0.3) is 0 Å². The summed E-state index contributed by atoms with van der Waals surface area (Å²) in [5, 5.41) is 4.31. The van der Waals surface area contributed by atoms with E-state index >= 15 is 0 Å². The topological polar surface area (TPSA) is 59.1 Å². The minimum absolute atomic E-state index is 0.199. The normalized spacial score (nSPS) is 15.8. The molecule has 0 spiro atoms.